The molecule has 4 aromatic carbocycles. The molecule has 136 valence electrons. The van der Waals surface area contributed by atoms with Crippen molar-refractivity contribution in [1.29, 1.82) is 0 Å². The second-order valence-electron chi connectivity index (χ2n) is 7.30. The van der Waals surface area contributed by atoms with Crippen LogP contribution in [0.1, 0.15) is 22.3 Å². The van der Waals surface area contributed by atoms with Crippen LogP contribution in [0.5, 0.6) is 0 Å². The molecule has 1 heterocycles. The summed E-state index contributed by atoms with van der Waals surface area (Å²) in [6.45, 7) is 1.37. The highest BCUT2D eigenvalue weighted by atomic mass is 16.5. The summed E-state index contributed by atoms with van der Waals surface area (Å²) in [6.07, 6.45) is 0.915. The zero-order valence-electron chi connectivity index (χ0n) is 15.8. The van der Waals surface area contributed by atoms with Gasteiger partial charge in [-0.1, -0.05) is 91.0 Å². The molecule has 0 saturated carbocycles. The maximum Gasteiger partial charge on any atom is 0.0731 e. The maximum absolute atomic E-state index is 5.94. The highest BCUT2D eigenvalue weighted by Crippen LogP contribution is 2.41. The fourth-order valence-electron chi connectivity index (χ4n) is 4.21. The van der Waals surface area contributed by atoms with Gasteiger partial charge in [0.15, 0.2) is 0 Å². The van der Waals surface area contributed by atoms with Crippen molar-refractivity contribution in [2.45, 2.75) is 19.6 Å². The van der Waals surface area contributed by atoms with Crippen molar-refractivity contribution in [2.24, 2.45) is 0 Å². The number of ether oxygens (including phenoxy) is 1. The number of fused-ring (bicyclic) bond motifs is 1. The Balaban J connectivity index is 1.75. The monoisotopic (exact) mass is 362 g/mol. The molecule has 0 atom stereocenters. The summed E-state index contributed by atoms with van der Waals surface area (Å²) in [5, 5.41) is 0. The van der Waals surface area contributed by atoms with Crippen molar-refractivity contribution in [1.82, 2.24) is 0 Å². The van der Waals surface area contributed by atoms with Crippen molar-refractivity contribution in [3.8, 4) is 22.3 Å². The van der Waals surface area contributed by atoms with Gasteiger partial charge < -0.3 is 4.74 Å². The standard InChI is InChI=1S/C27H22O/c1-4-10-20(11-5-1)16-23-17-24(21-12-6-2-7-13-21)25-18-28-19-26(25)27(23)22-14-8-3-9-15-22/h1-15,17H,16,18-19H2. The molecule has 0 N–H and O–H groups in total. The van der Waals surface area contributed by atoms with Crippen LogP contribution in [0.25, 0.3) is 22.3 Å². The van der Waals surface area contributed by atoms with E-state index in [4.69, 9.17) is 4.74 Å². The van der Waals surface area contributed by atoms with E-state index in [-0.39, 0.29) is 0 Å². The molecule has 0 amide bonds. The predicted molar refractivity (Wildman–Crippen MR) is 115 cm³/mol. The minimum atomic E-state index is 0.683. The summed E-state index contributed by atoms with van der Waals surface area (Å²) in [7, 11) is 0. The highest BCUT2D eigenvalue weighted by molar-refractivity contribution is 5.81. The average Bonchev–Trinajstić information content (AvgIpc) is 3.25. The minimum Gasteiger partial charge on any atom is -0.372 e. The van der Waals surface area contributed by atoms with Gasteiger partial charge in [-0.2, -0.15) is 0 Å². The lowest BCUT2D eigenvalue weighted by Gasteiger charge is -2.18. The van der Waals surface area contributed by atoms with Crippen LogP contribution in [-0.2, 0) is 24.4 Å². The topological polar surface area (TPSA) is 9.23 Å². The Labute approximate surface area is 166 Å². The molecule has 1 aliphatic heterocycles. The fourth-order valence-corrected chi connectivity index (χ4v) is 4.21. The normalized spacial score (nSPS) is 12.7. The van der Waals surface area contributed by atoms with Gasteiger partial charge >= 0.3 is 0 Å². The third-order valence-electron chi connectivity index (χ3n) is 5.51. The zero-order chi connectivity index (χ0) is 18.8. The van der Waals surface area contributed by atoms with E-state index in [2.05, 4.69) is 97.1 Å². The first kappa shape index (κ1) is 17.0. The van der Waals surface area contributed by atoms with Crippen LogP contribution in [0.3, 0.4) is 0 Å². The molecule has 0 bridgehead atoms. The molecule has 0 aromatic heterocycles. The summed E-state index contributed by atoms with van der Waals surface area (Å²) in [5.74, 6) is 0. The van der Waals surface area contributed by atoms with Crippen LogP contribution in [-0.4, -0.2) is 0 Å². The molecule has 0 fully saturated rings. The van der Waals surface area contributed by atoms with Crippen LogP contribution in [0, 0.1) is 0 Å². The van der Waals surface area contributed by atoms with Crippen molar-refractivity contribution in [2.75, 3.05) is 0 Å². The van der Waals surface area contributed by atoms with Crippen LogP contribution in [0.4, 0.5) is 0 Å². The molecule has 0 aliphatic carbocycles. The molecule has 1 nitrogen and oxygen atoms in total. The molecule has 5 rings (SSSR count). The van der Waals surface area contributed by atoms with Gasteiger partial charge in [-0.15, -0.1) is 0 Å². The smallest absolute Gasteiger partial charge is 0.0731 e. The van der Waals surface area contributed by atoms with Gasteiger partial charge in [0, 0.05) is 0 Å². The lowest BCUT2D eigenvalue weighted by molar-refractivity contribution is 0.135. The third-order valence-corrected chi connectivity index (χ3v) is 5.51. The number of hydrogen-bond acceptors (Lipinski definition) is 1. The Kier molecular flexibility index (Phi) is 4.52. The van der Waals surface area contributed by atoms with Crippen LogP contribution in [0.2, 0.25) is 0 Å². The van der Waals surface area contributed by atoms with Gasteiger partial charge in [0.2, 0.25) is 0 Å². The maximum atomic E-state index is 5.94. The molecule has 1 aliphatic rings. The van der Waals surface area contributed by atoms with Crippen LogP contribution < -0.4 is 0 Å². The molecule has 4 aromatic rings. The summed E-state index contributed by atoms with van der Waals surface area (Å²) >= 11 is 0. The molecule has 1 heteroatoms. The molecule has 28 heavy (non-hydrogen) atoms. The summed E-state index contributed by atoms with van der Waals surface area (Å²) in [4.78, 5) is 0. The van der Waals surface area contributed by atoms with E-state index < -0.39 is 0 Å². The zero-order valence-corrected chi connectivity index (χ0v) is 15.8. The van der Waals surface area contributed by atoms with Crippen LogP contribution in [0.15, 0.2) is 97.1 Å². The van der Waals surface area contributed by atoms with E-state index in [1.54, 1.807) is 0 Å². The van der Waals surface area contributed by atoms with Crippen molar-refractivity contribution < 1.29 is 4.74 Å². The Bertz CT molecular complexity index is 1080. The van der Waals surface area contributed by atoms with Gasteiger partial charge in [-0.05, 0) is 57.0 Å². The first-order valence-electron chi connectivity index (χ1n) is 9.80. The van der Waals surface area contributed by atoms with Crippen molar-refractivity contribution in [3.05, 3.63) is 119 Å². The molecule has 0 saturated heterocycles. The Morgan fingerprint density at radius 3 is 1.86 bits per heavy atom. The minimum absolute atomic E-state index is 0.683. The van der Waals surface area contributed by atoms with E-state index >= 15 is 0 Å². The third kappa shape index (κ3) is 3.15. The van der Waals surface area contributed by atoms with Crippen LogP contribution >= 0.6 is 0 Å². The average molecular weight is 362 g/mol. The highest BCUT2D eigenvalue weighted by Gasteiger charge is 2.24. The van der Waals surface area contributed by atoms with E-state index in [1.807, 2.05) is 0 Å². The Morgan fingerprint density at radius 1 is 0.607 bits per heavy atom. The van der Waals surface area contributed by atoms with Gasteiger partial charge in [-0.25, -0.2) is 0 Å². The molecule has 0 unspecified atom stereocenters. The van der Waals surface area contributed by atoms with Gasteiger partial charge in [0.1, 0.15) is 0 Å². The lowest BCUT2D eigenvalue weighted by Crippen LogP contribution is -2.00. The second kappa shape index (κ2) is 7.46. The van der Waals surface area contributed by atoms with Crippen molar-refractivity contribution >= 4 is 0 Å². The molecular weight excluding hydrogens is 340 g/mol. The van der Waals surface area contributed by atoms with E-state index in [0.29, 0.717) is 13.2 Å². The van der Waals surface area contributed by atoms with Gasteiger partial charge in [0.25, 0.3) is 0 Å². The van der Waals surface area contributed by atoms with E-state index in [1.165, 1.54) is 44.5 Å². The summed E-state index contributed by atoms with van der Waals surface area (Å²) in [5.41, 5.74) is 10.6. The summed E-state index contributed by atoms with van der Waals surface area (Å²) in [6, 6.07) is 34.5. The number of benzene rings is 4. The quantitative estimate of drug-likeness (QED) is 0.395. The number of hydrogen-bond donors (Lipinski definition) is 0. The molecule has 0 radical (unpaired) electrons. The van der Waals surface area contributed by atoms with E-state index in [0.717, 1.165) is 6.42 Å². The van der Waals surface area contributed by atoms with Gasteiger partial charge in [-0.3, -0.25) is 0 Å². The molecule has 0 spiro atoms. The van der Waals surface area contributed by atoms with Crippen molar-refractivity contribution in [3.63, 3.8) is 0 Å². The lowest BCUT2D eigenvalue weighted by atomic mass is 9.85. The molecular formula is C27H22O. The SMILES string of the molecule is c1ccc(Cc2cc(-c3ccccc3)c3c(c2-c2ccccc2)COC3)cc1. The first-order chi connectivity index (χ1) is 13.9. The van der Waals surface area contributed by atoms with E-state index in [9.17, 15) is 0 Å². The Hall–Kier alpha value is -3.16. The summed E-state index contributed by atoms with van der Waals surface area (Å²) < 4.78 is 5.94. The number of rotatable bonds is 4. The predicted octanol–water partition coefficient (Wildman–Crippen LogP) is 6.64. The van der Waals surface area contributed by atoms with Gasteiger partial charge in [0.05, 0.1) is 13.2 Å². The largest absolute Gasteiger partial charge is 0.372 e. The second-order valence-corrected chi connectivity index (χ2v) is 7.30. The first-order valence-corrected chi connectivity index (χ1v) is 9.80. The Morgan fingerprint density at radius 2 is 1.18 bits per heavy atom. The fraction of sp³-hybridized carbons (Fsp3) is 0.111.